The van der Waals surface area contributed by atoms with Crippen molar-refractivity contribution in [2.45, 2.75) is 45.3 Å². The van der Waals surface area contributed by atoms with E-state index in [0.717, 1.165) is 18.5 Å². The maximum atomic E-state index is 12.5. The zero-order valence-electron chi connectivity index (χ0n) is 16.8. The van der Waals surface area contributed by atoms with E-state index in [4.69, 9.17) is 9.47 Å². The Bertz CT molecular complexity index is 756. The summed E-state index contributed by atoms with van der Waals surface area (Å²) in [5, 5.41) is 0. The van der Waals surface area contributed by atoms with Crippen molar-refractivity contribution in [1.82, 2.24) is 9.88 Å². The molecule has 6 nitrogen and oxygen atoms in total. The van der Waals surface area contributed by atoms with Gasteiger partial charge in [0, 0.05) is 39.6 Å². The fraction of sp³-hybridized carbons (Fsp3) is 0.591. The van der Waals surface area contributed by atoms with Crippen molar-refractivity contribution in [3.8, 4) is 0 Å². The molecule has 1 saturated carbocycles. The smallest absolute Gasteiger partial charge is 0.410 e. The van der Waals surface area contributed by atoms with E-state index >= 15 is 0 Å². The molecule has 0 bridgehead atoms. The average molecular weight is 567 g/mol. The van der Waals surface area contributed by atoms with Gasteiger partial charge in [-0.1, -0.05) is 18.3 Å². The first-order chi connectivity index (χ1) is 13.6. The molecule has 1 aromatic heterocycles. The molecule has 0 aromatic carbocycles. The molecular weight excluding hydrogens is 540 g/mol. The second-order valence-electron chi connectivity index (χ2n) is 7.95. The van der Waals surface area contributed by atoms with Gasteiger partial charge in [0.15, 0.2) is 0 Å². The number of amides is 1. The molecule has 3 aliphatic rings. The monoisotopic (exact) mass is 567 g/mol. The molecule has 6 atom stereocenters. The molecule has 0 N–H and O–H groups in total. The SMILES string of the molecule is CCOC(=O)N1CCC[C@H]2[C@H](/C=C/c3cc[c-]cn3)[C@@H]3[C@@H](C)OC(=O)[C@@H]3C[C@@H]21.[W]. The summed E-state index contributed by atoms with van der Waals surface area (Å²) in [5.41, 5.74) is 0.869. The first-order valence-electron chi connectivity index (χ1n) is 10.2. The molecule has 2 saturated heterocycles. The Balaban J connectivity index is 0.00000240. The number of cyclic esters (lactones) is 1. The summed E-state index contributed by atoms with van der Waals surface area (Å²) in [4.78, 5) is 31.2. The van der Waals surface area contributed by atoms with Gasteiger partial charge < -0.3 is 14.4 Å². The predicted molar refractivity (Wildman–Crippen MR) is 103 cm³/mol. The van der Waals surface area contributed by atoms with Gasteiger partial charge in [0.1, 0.15) is 6.10 Å². The third-order valence-electron chi connectivity index (χ3n) is 6.51. The molecule has 7 heteroatoms. The maximum Gasteiger partial charge on any atom is 0.410 e. The number of pyridine rings is 1. The van der Waals surface area contributed by atoms with E-state index in [1.807, 2.05) is 37.0 Å². The number of ether oxygens (including phenoxy) is 2. The molecule has 29 heavy (non-hydrogen) atoms. The normalized spacial score (nSPS) is 33.4. The van der Waals surface area contributed by atoms with Crippen LogP contribution in [-0.2, 0) is 35.3 Å². The van der Waals surface area contributed by atoms with Crippen molar-refractivity contribution < 1.29 is 40.1 Å². The summed E-state index contributed by atoms with van der Waals surface area (Å²) in [5.74, 6) is 0.299. The van der Waals surface area contributed by atoms with Crippen molar-refractivity contribution >= 4 is 18.1 Å². The van der Waals surface area contributed by atoms with Crippen LogP contribution in [-0.4, -0.2) is 47.2 Å². The van der Waals surface area contributed by atoms with Gasteiger partial charge in [0.05, 0.1) is 12.5 Å². The van der Waals surface area contributed by atoms with Crippen LogP contribution < -0.4 is 0 Å². The Morgan fingerprint density at radius 2 is 2.31 bits per heavy atom. The van der Waals surface area contributed by atoms with E-state index in [2.05, 4.69) is 17.1 Å². The van der Waals surface area contributed by atoms with Gasteiger partial charge in [-0.25, -0.2) is 16.9 Å². The molecule has 1 amide bonds. The average Bonchev–Trinajstić information content (AvgIpc) is 2.99. The Hall–Kier alpha value is -1.68. The minimum Gasteiger partial charge on any atom is -0.462 e. The standard InChI is InChI=1S/C22H27N2O4.W/c1-3-27-22(26)24-12-6-8-16-17(10-9-15-7-4-5-11-23-15)20-14(2)28-21(25)18(20)13-19(16)24;/h4,7,9-11,14,16-20H,3,6,8,12-13H2,1-2H3;/q-1;/b10-9+;/t14-,16+,17+,18-,19+,20+;/m1./s1. The second-order valence-corrected chi connectivity index (χ2v) is 7.95. The number of fused-ring (bicyclic) bond motifs is 2. The van der Waals surface area contributed by atoms with Gasteiger partial charge in [-0.3, -0.25) is 9.78 Å². The van der Waals surface area contributed by atoms with E-state index in [9.17, 15) is 9.59 Å². The van der Waals surface area contributed by atoms with E-state index in [1.165, 1.54) is 0 Å². The first-order valence-corrected chi connectivity index (χ1v) is 10.2. The van der Waals surface area contributed by atoms with E-state index in [0.29, 0.717) is 25.5 Å². The number of allylic oxidation sites excluding steroid dienone is 1. The Kier molecular flexibility index (Phi) is 7.15. The van der Waals surface area contributed by atoms with Crippen LogP contribution in [0.5, 0.6) is 0 Å². The van der Waals surface area contributed by atoms with Crippen LogP contribution in [0.4, 0.5) is 4.79 Å². The summed E-state index contributed by atoms with van der Waals surface area (Å²) in [7, 11) is 0. The zero-order valence-corrected chi connectivity index (χ0v) is 19.8. The summed E-state index contributed by atoms with van der Waals surface area (Å²) in [6, 6.07) is 6.70. The van der Waals surface area contributed by atoms with E-state index in [1.54, 1.807) is 6.20 Å². The molecular formula is C22H27N2O4W-. The molecule has 4 rings (SSSR count). The number of piperidine rings is 1. The van der Waals surface area contributed by atoms with E-state index in [-0.39, 0.29) is 63.0 Å². The molecule has 1 aliphatic carbocycles. The number of carbonyl (C=O) groups is 2. The Morgan fingerprint density at radius 3 is 3.03 bits per heavy atom. The number of carbonyl (C=O) groups excluding carboxylic acids is 2. The molecule has 0 radical (unpaired) electrons. The van der Waals surface area contributed by atoms with Crippen LogP contribution in [0, 0.1) is 29.7 Å². The number of hydrogen-bond donors (Lipinski definition) is 0. The maximum absolute atomic E-state index is 12.5. The van der Waals surface area contributed by atoms with Crippen molar-refractivity contribution in [2.75, 3.05) is 13.2 Å². The van der Waals surface area contributed by atoms with Crippen LogP contribution in [0.15, 0.2) is 24.4 Å². The van der Waals surface area contributed by atoms with Gasteiger partial charge in [0.25, 0.3) is 0 Å². The minimum absolute atomic E-state index is 0. The number of aromatic nitrogens is 1. The number of nitrogens with zero attached hydrogens (tertiary/aromatic N) is 2. The summed E-state index contributed by atoms with van der Waals surface area (Å²) < 4.78 is 10.9. The summed E-state index contributed by atoms with van der Waals surface area (Å²) in [6.07, 6.45) is 8.14. The molecule has 3 heterocycles. The minimum atomic E-state index is -0.266. The first kappa shape index (κ1) is 22.0. The summed E-state index contributed by atoms with van der Waals surface area (Å²) in [6.45, 7) is 4.86. The number of rotatable bonds is 3. The van der Waals surface area contributed by atoms with Crippen LogP contribution >= 0.6 is 0 Å². The van der Waals surface area contributed by atoms with Crippen LogP contribution in [0.25, 0.3) is 6.08 Å². The number of esters is 1. The summed E-state index contributed by atoms with van der Waals surface area (Å²) >= 11 is 0. The molecule has 1 aromatic rings. The van der Waals surface area contributed by atoms with Gasteiger partial charge in [-0.15, -0.1) is 0 Å². The second kappa shape index (κ2) is 9.42. The fourth-order valence-corrected chi connectivity index (χ4v) is 5.40. The van der Waals surface area contributed by atoms with Gasteiger partial charge in [-0.05, 0) is 50.6 Å². The predicted octanol–water partition coefficient (Wildman–Crippen LogP) is 3.33. The van der Waals surface area contributed by atoms with Crippen molar-refractivity contribution in [3.63, 3.8) is 0 Å². The third kappa shape index (κ3) is 4.28. The van der Waals surface area contributed by atoms with Crippen molar-refractivity contribution in [1.29, 1.82) is 0 Å². The van der Waals surface area contributed by atoms with Gasteiger partial charge >= 0.3 is 12.1 Å². The van der Waals surface area contributed by atoms with Crippen LogP contribution in [0.3, 0.4) is 0 Å². The van der Waals surface area contributed by atoms with E-state index < -0.39 is 0 Å². The number of hydrogen-bond acceptors (Lipinski definition) is 5. The molecule has 3 fully saturated rings. The van der Waals surface area contributed by atoms with Crippen molar-refractivity contribution in [3.05, 3.63) is 36.2 Å². The van der Waals surface area contributed by atoms with Gasteiger partial charge in [-0.2, -0.15) is 6.07 Å². The third-order valence-corrected chi connectivity index (χ3v) is 6.51. The Labute approximate surface area is 186 Å². The molecule has 0 unspecified atom stereocenters. The molecule has 156 valence electrons. The molecule has 0 spiro atoms. The van der Waals surface area contributed by atoms with Crippen molar-refractivity contribution in [2.24, 2.45) is 23.7 Å². The fourth-order valence-electron chi connectivity index (χ4n) is 5.40. The van der Waals surface area contributed by atoms with Crippen LogP contribution in [0.2, 0.25) is 0 Å². The topological polar surface area (TPSA) is 68.7 Å². The van der Waals surface area contributed by atoms with Gasteiger partial charge in [0.2, 0.25) is 0 Å². The molecule has 2 aliphatic heterocycles. The zero-order chi connectivity index (χ0) is 19.7. The Morgan fingerprint density at radius 1 is 1.48 bits per heavy atom. The number of likely N-dealkylation sites (tertiary alicyclic amines) is 1. The van der Waals surface area contributed by atoms with Crippen LogP contribution in [0.1, 0.15) is 38.8 Å². The largest absolute Gasteiger partial charge is 0.462 e. The quantitative estimate of drug-likeness (QED) is 0.415.